The molecule has 2 rings (SSSR count). The van der Waals surface area contributed by atoms with Crippen LogP contribution in [0.15, 0.2) is 6.07 Å². The van der Waals surface area contributed by atoms with Gasteiger partial charge in [-0.05, 0) is 19.9 Å². The molecule has 2 amide bonds. The van der Waals surface area contributed by atoms with E-state index in [2.05, 4.69) is 9.88 Å². The standard InChI is InChI=1S/C15H22Cl2N4O2/c1-3-20(4-2)13(22)10-19-5-7-21(8-6-19)15(23)12-9-11(16)14(17)18-12/h9,18H,3-8,10H2,1-2H3. The number of amides is 2. The number of aromatic nitrogens is 1. The van der Waals surface area contributed by atoms with Crippen molar-refractivity contribution >= 4 is 35.0 Å². The molecular weight excluding hydrogens is 339 g/mol. The molecule has 1 fully saturated rings. The molecule has 0 aromatic carbocycles. The van der Waals surface area contributed by atoms with Crippen molar-refractivity contribution in [2.24, 2.45) is 0 Å². The molecule has 0 unspecified atom stereocenters. The van der Waals surface area contributed by atoms with E-state index in [1.165, 1.54) is 0 Å². The minimum absolute atomic E-state index is 0.117. The fourth-order valence-corrected chi connectivity index (χ4v) is 2.98. The third-order valence-electron chi connectivity index (χ3n) is 4.09. The van der Waals surface area contributed by atoms with Crippen LogP contribution in [0.1, 0.15) is 24.3 Å². The molecule has 0 saturated carbocycles. The van der Waals surface area contributed by atoms with Gasteiger partial charge in [0.15, 0.2) is 0 Å². The van der Waals surface area contributed by atoms with Gasteiger partial charge >= 0.3 is 0 Å². The SMILES string of the molecule is CCN(CC)C(=O)CN1CCN(C(=O)c2cc(Cl)c(Cl)[nH]2)CC1. The third kappa shape index (κ3) is 4.40. The second-order valence-corrected chi connectivity index (χ2v) is 6.26. The van der Waals surface area contributed by atoms with Gasteiger partial charge in [-0.15, -0.1) is 0 Å². The summed E-state index contributed by atoms with van der Waals surface area (Å²) in [6.45, 7) is 8.34. The van der Waals surface area contributed by atoms with Crippen LogP contribution in [0, 0.1) is 0 Å². The Morgan fingerprint density at radius 3 is 2.26 bits per heavy atom. The summed E-state index contributed by atoms with van der Waals surface area (Å²) in [7, 11) is 0. The third-order valence-corrected chi connectivity index (χ3v) is 4.78. The molecule has 0 aliphatic carbocycles. The molecule has 1 aliphatic heterocycles. The van der Waals surface area contributed by atoms with Crippen molar-refractivity contribution in [3.8, 4) is 0 Å². The van der Waals surface area contributed by atoms with Crippen molar-refractivity contribution in [3.63, 3.8) is 0 Å². The molecule has 1 saturated heterocycles. The molecular formula is C15H22Cl2N4O2. The quantitative estimate of drug-likeness (QED) is 0.872. The van der Waals surface area contributed by atoms with Crippen LogP contribution in [0.4, 0.5) is 0 Å². The molecule has 1 aromatic heterocycles. The molecule has 128 valence electrons. The second kappa shape index (κ2) is 8.04. The van der Waals surface area contributed by atoms with E-state index in [1.807, 2.05) is 18.7 Å². The van der Waals surface area contributed by atoms with Crippen LogP contribution in [0.3, 0.4) is 0 Å². The molecule has 8 heteroatoms. The van der Waals surface area contributed by atoms with Crippen molar-refractivity contribution in [2.75, 3.05) is 45.8 Å². The minimum Gasteiger partial charge on any atom is -0.342 e. The summed E-state index contributed by atoms with van der Waals surface area (Å²) in [5.41, 5.74) is 0.396. The van der Waals surface area contributed by atoms with Crippen LogP contribution in [-0.4, -0.2) is 77.3 Å². The van der Waals surface area contributed by atoms with E-state index in [1.54, 1.807) is 11.0 Å². The Morgan fingerprint density at radius 2 is 1.78 bits per heavy atom. The fourth-order valence-electron chi connectivity index (χ4n) is 2.67. The Hall–Kier alpha value is -1.24. The van der Waals surface area contributed by atoms with Crippen molar-refractivity contribution in [3.05, 3.63) is 21.9 Å². The van der Waals surface area contributed by atoms with E-state index in [-0.39, 0.29) is 17.0 Å². The molecule has 0 atom stereocenters. The van der Waals surface area contributed by atoms with Crippen molar-refractivity contribution in [2.45, 2.75) is 13.8 Å². The summed E-state index contributed by atoms with van der Waals surface area (Å²) in [5.74, 6) is 0.0197. The first-order valence-corrected chi connectivity index (χ1v) is 8.55. The average molecular weight is 361 g/mol. The topological polar surface area (TPSA) is 59.7 Å². The second-order valence-electron chi connectivity index (χ2n) is 5.48. The van der Waals surface area contributed by atoms with E-state index in [9.17, 15) is 9.59 Å². The number of hydrogen-bond acceptors (Lipinski definition) is 3. The molecule has 0 bridgehead atoms. The average Bonchev–Trinajstić information content (AvgIpc) is 2.88. The lowest BCUT2D eigenvalue weighted by Crippen LogP contribution is -2.51. The highest BCUT2D eigenvalue weighted by Gasteiger charge is 2.25. The molecule has 2 heterocycles. The maximum atomic E-state index is 12.4. The van der Waals surface area contributed by atoms with Crippen molar-refractivity contribution < 1.29 is 9.59 Å². The molecule has 6 nitrogen and oxygen atoms in total. The van der Waals surface area contributed by atoms with Gasteiger partial charge in [0.25, 0.3) is 5.91 Å². The van der Waals surface area contributed by atoms with Crippen LogP contribution in [-0.2, 0) is 4.79 Å². The van der Waals surface area contributed by atoms with Crippen LogP contribution in [0.2, 0.25) is 10.2 Å². The summed E-state index contributed by atoms with van der Waals surface area (Å²) in [4.78, 5) is 32.9. The number of nitrogens with one attached hydrogen (secondary N) is 1. The first kappa shape index (κ1) is 18.1. The Morgan fingerprint density at radius 1 is 1.17 bits per heavy atom. The Kier molecular flexibility index (Phi) is 6.33. The normalized spacial score (nSPS) is 15.7. The van der Waals surface area contributed by atoms with Gasteiger partial charge in [0.2, 0.25) is 5.91 Å². The van der Waals surface area contributed by atoms with Gasteiger partial charge in [-0.25, -0.2) is 0 Å². The lowest BCUT2D eigenvalue weighted by Gasteiger charge is -2.35. The number of piperazine rings is 1. The molecule has 1 aliphatic rings. The molecule has 1 N–H and O–H groups in total. The highest BCUT2D eigenvalue weighted by molar-refractivity contribution is 6.41. The monoisotopic (exact) mass is 360 g/mol. The van der Waals surface area contributed by atoms with Crippen LogP contribution in [0.25, 0.3) is 0 Å². The van der Waals surface area contributed by atoms with Gasteiger partial charge in [-0.2, -0.15) is 0 Å². The number of aromatic amines is 1. The maximum Gasteiger partial charge on any atom is 0.270 e. The zero-order chi connectivity index (χ0) is 17.0. The first-order valence-electron chi connectivity index (χ1n) is 7.79. The van der Waals surface area contributed by atoms with Gasteiger partial charge in [-0.1, -0.05) is 23.2 Å². The number of likely N-dealkylation sites (N-methyl/N-ethyl adjacent to an activating group) is 1. The lowest BCUT2D eigenvalue weighted by molar-refractivity contribution is -0.132. The van der Waals surface area contributed by atoms with Crippen molar-refractivity contribution in [1.82, 2.24) is 19.7 Å². The highest BCUT2D eigenvalue weighted by Crippen LogP contribution is 2.22. The molecule has 23 heavy (non-hydrogen) atoms. The molecule has 0 spiro atoms. The Balaban J connectivity index is 1.86. The number of hydrogen-bond donors (Lipinski definition) is 1. The van der Waals surface area contributed by atoms with Gasteiger partial charge < -0.3 is 14.8 Å². The summed E-state index contributed by atoms with van der Waals surface area (Å²) in [5, 5.41) is 0.622. The Bertz CT molecular complexity index is 544. The van der Waals surface area contributed by atoms with E-state index in [0.29, 0.717) is 43.4 Å². The smallest absolute Gasteiger partial charge is 0.270 e. The number of carbonyl (C=O) groups excluding carboxylic acids is 2. The predicted octanol–water partition coefficient (Wildman–Crippen LogP) is 1.95. The van der Waals surface area contributed by atoms with Crippen LogP contribution >= 0.6 is 23.2 Å². The first-order chi connectivity index (χ1) is 11.0. The van der Waals surface area contributed by atoms with Gasteiger partial charge in [-0.3, -0.25) is 14.5 Å². The van der Waals surface area contributed by atoms with E-state index in [4.69, 9.17) is 23.2 Å². The lowest BCUT2D eigenvalue weighted by atomic mass is 10.2. The summed E-state index contributed by atoms with van der Waals surface area (Å²) in [6.07, 6.45) is 0. The van der Waals surface area contributed by atoms with E-state index in [0.717, 1.165) is 13.1 Å². The minimum atomic E-state index is -0.117. The molecule has 1 aromatic rings. The van der Waals surface area contributed by atoms with Gasteiger partial charge in [0.05, 0.1) is 11.6 Å². The molecule has 0 radical (unpaired) electrons. The zero-order valence-corrected chi connectivity index (χ0v) is 15.0. The summed E-state index contributed by atoms with van der Waals surface area (Å²) >= 11 is 11.7. The van der Waals surface area contributed by atoms with E-state index < -0.39 is 0 Å². The number of carbonyl (C=O) groups is 2. The van der Waals surface area contributed by atoms with E-state index >= 15 is 0 Å². The summed E-state index contributed by atoms with van der Waals surface area (Å²) in [6, 6.07) is 1.54. The highest BCUT2D eigenvalue weighted by atomic mass is 35.5. The van der Waals surface area contributed by atoms with Crippen LogP contribution in [0.5, 0.6) is 0 Å². The van der Waals surface area contributed by atoms with Gasteiger partial charge in [0, 0.05) is 39.3 Å². The predicted molar refractivity (Wildman–Crippen MR) is 91.1 cm³/mol. The maximum absolute atomic E-state index is 12.4. The summed E-state index contributed by atoms with van der Waals surface area (Å²) < 4.78 is 0. The number of halogens is 2. The van der Waals surface area contributed by atoms with Crippen LogP contribution < -0.4 is 0 Å². The largest absolute Gasteiger partial charge is 0.342 e. The zero-order valence-electron chi connectivity index (χ0n) is 13.4. The number of nitrogens with zero attached hydrogens (tertiary/aromatic N) is 3. The van der Waals surface area contributed by atoms with Crippen molar-refractivity contribution in [1.29, 1.82) is 0 Å². The fraction of sp³-hybridized carbons (Fsp3) is 0.600. The number of H-pyrrole nitrogens is 1. The number of rotatable bonds is 5. The Labute approximate surface area is 146 Å². The van der Waals surface area contributed by atoms with Gasteiger partial charge in [0.1, 0.15) is 10.8 Å².